The highest BCUT2D eigenvalue weighted by molar-refractivity contribution is 5.94. The van der Waals surface area contributed by atoms with E-state index in [0.29, 0.717) is 24.6 Å². The third-order valence-corrected chi connectivity index (χ3v) is 3.04. The lowest BCUT2D eigenvalue weighted by molar-refractivity contribution is 0.0915. The van der Waals surface area contributed by atoms with E-state index in [0.717, 1.165) is 12.2 Å². The van der Waals surface area contributed by atoms with Gasteiger partial charge in [0.1, 0.15) is 5.75 Å². The highest BCUT2D eigenvalue weighted by atomic mass is 16.5. The number of rotatable bonds is 7. The molecule has 0 unspecified atom stereocenters. The zero-order valence-electron chi connectivity index (χ0n) is 12.9. The van der Waals surface area contributed by atoms with E-state index >= 15 is 0 Å². The number of ether oxygens (including phenoxy) is 1. The van der Waals surface area contributed by atoms with Gasteiger partial charge in [0.15, 0.2) is 0 Å². The highest BCUT2D eigenvalue weighted by Gasteiger charge is 2.19. The maximum absolute atomic E-state index is 12.0. The fourth-order valence-electron chi connectivity index (χ4n) is 1.55. The molecule has 0 saturated carbocycles. The Morgan fingerprint density at radius 3 is 2.40 bits per heavy atom. The first-order chi connectivity index (χ1) is 9.34. The van der Waals surface area contributed by atoms with Crippen LogP contribution in [0.3, 0.4) is 0 Å². The maximum atomic E-state index is 12.0. The molecule has 1 amide bonds. The van der Waals surface area contributed by atoms with Crippen molar-refractivity contribution in [1.29, 1.82) is 0 Å². The molecule has 0 heterocycles. The number of nitrogens with two attached hydrogens (primary N) is 1. The normalized spacial score (nSPS) is 11.5. The molecular formula is C16H26N2O2. The first-order valence-electron chi connectivity index (χ1n) is 7.09. The van der Waals surface area contributed by atoms with E-state index in [9.17, 15) is 4.79 Å². The summed E-state index contributed by atoms with van der Waals surface area (Å²) < 4.78 is 5.62. The summed E-state index contributed by atoms with van der Waals surface area (Å²) in [5.41, 5.74) is 5.82. The molecule has 0 saturated heterocycles. The van der Waals surface area contributed by atoms with Crippen molar-refractivity contribution in [1.82, 2.24) is 5.32 Å². The Morgan fingerprint density at radius 2 is 1.90 bits per heavy atom. The molecule has 1 rings (SSSR count). The molecule has 0 aliphatic heterocycles. The molecule has 0 aromatic heterocycles. The second-order valence-corrected chi connectivity index (χ2v) is 6.10. The Hall–Kier alpha value is -1.55. The minimum absolute atomic E-state index is 0.116. The van der Waals surface area contributed by atoms with Crippen LogP contribution in [0.2, 0.25) is 0 Å². The van der Waals surface area contributed by atoms with Crippen LogP contribution in [0.5, 0.6) is 5.75 Å². The number of amides is 1. The van der Waals surface area contributed by atoms with Crippen molar-refractivity contribution in [2.45, 2.75) is 39.7 Å². The zero-order chi connectivity index (χ0) is 15.2. The van der Waals surface area contributed by atoms with Gasteiger partial charge in [-0.3, -0.25) is 4.79 Å². The monoisotopic (exact) mass is 278 g/mol. The Morgan fingerprint density at radius 1 is 1.30 bits per heavy atom. The minimum atomic E-state index is -0.399. The summed E-state index contributed by atoms with van der Waals surface area (Å²) in [4.78, 5) is 12.0. The van der Waals surface area contributed by atoms with Gasteiger partial charge < -0.3 is 15.8 Å². The second kappa shape index (κ2) is 7.29. The molecule has 1 aromatic rings. The second-order valence-electron chi connectivity index (χ2n) is 6.10. The fraction of sp³-hybridized carbons (Fsp3) is 0.562. The molecule has 0 aliphatic rings. The van der Waals surface area contributed by atoms with Gasteiger partial charge in [-0.1, -0.05) is 13.8 Å². The lowest BCUT2D eigenvalue weighted by Gasteiger charge is -2.24. The van der Waals surface area contributed by atoms with Crippen molar-refractivity contribution in [3.63, 3.8) is 0 Å². The lowest BCUT2D eigenvalue weighted by atomic mass is 10.1. The molecule has 0 spiro atoms. The first-order valence-corrected chi connectivity index (χ1v) is 7.09. The smallest absolute Gasteiger partial charge is 0.251 e. The third-order valence-electron chi connectivity index (χ3n) is 3.04. The predicted molar refractivity (Wildman–Crippen MR) is 82.0 cm³/mol. The molecule has 20 heavy (non-hydrogen) atoms. The summed E-state index contributed by atoms with van der Waals surface area (Å²) in [5.74, 6) is 1.30. The number of hydrogen-bond acceptors (Lipinski definition) is 3. The summed E-state index contributed by atoms with van der Waals surface area (Å²) in [6.45, 7) is 9.22. The van der Waals surface area contributed by atoms with Crippen LogP contribution in [-0.2, 0) is 0 Å². The topological polar surface area (TPSA) is 64.3 Å². The number of carbonyl (C=O) groups excluding carboxylic acids is 1. The number of nitrogens with one attached hydrogen (secondary N) is 1. The van der Waals surface area contributed by atoms with Crippen LogP contribution < -0.4 is 15.8 Å². The van der Waals surface area contributed by atoms with Crippen molar-refractivity contribution in [2.24, 2.45) is 11.7 Å². The maximum Gasteiger partial charge on any atom is 0.251 e. The van der Waals surface area contributed by atoms with Gasteiger partial charge in [0, 0.05) is 17.6 Å². The molecule has 4 nitrogen and oxygen atoms in total. The SMILES string of the molecule is CC(C)CCOc1ccc(C(=O)NC(C)(C)CN)cc1. The van der Waals surface area contributed by atoms with E-state index in [1.165, 1.54) is 0 Å². The van der Waals surface area contributed by atoms with Gasteiger partial charge in [-0.15, -0.1) is 0 Å². The van der Waals surface area contributed by atoms with Crippen LogP contribution in [0.1, 0.15) is 44.5 Å². The Balaban J connectivity index is 2.55. The van der Waals surface area contributed by atoms with Gasteiger partial charge >= 0.3 is 0 Å². The van der Waals surface area contributed by atoms with Crippen LogP contribution in [0.4, 0.5) is 0 Å². The van der Waals surface area contributed by atoms with Gasteiger partial charge in [-0.25, -0.2) is 0 Å². The van der Waals surface area contributed by atoms with Crippen molar-refractivity contribution in [2.75, 3.05) is 13.2 Å². The van der Waals surface area contributed by atoms with Crippen LogP contribution >= 0.6 is 0 Å². The third kappa shape index (κ3) is 5.61. The Kier molecular flexibility index (Phi) is 6.02. The Bertz CT molecular complexity index is 425. The molecular weight excluding hydrogens is 252 g/mol. The molecule has 0 fully saturated rings. The fourth-order valence-corrected chi connectivity index (χ4v) is 1.55. The first kappa shape index (κ1) is 16.5. The van der Waals surface area contributed by atoms with Gasteiger partial charge in [-0.2, -0.15) is 0 Å². The average Bonchev–Trinajstić information content (AvgIpc) is 2.38. The molecule has 112 valence electrons. The van der Waals surface area contributed by atoms with Crippen molar-refractivity contribution < 1.29 is 9.53 Å². The van der Waals surface area contributed by atoms with Crippen LogP contribution in [-0.4, -0.2) is 24.6 Å². The molecule has 0 atom stereocenters. The summed E-state index contributed by atoms with van der Waals surface area (Å²) in [6, 6.07) is 7.19. The minimum Gasteiger partial charge on any atom is -0.494 e. The van der Waals surface area contributed by atoms with Gasteiger partial charge in [-0.05, 0) is 50.5 Å². The van der Waals surface area contributed by atoms with Gasteiger partial charge in [0.25, 0.3) is 5.91 Å². The van der Waals surface area contributed by atoms with Crippen LogP contribution in [0, 0.1) is 5.92 Å². The summed E-state index contributed by atoms with van der Waals surface area (Å²) >= 11 is 0. The molecule has 0 aliphatic carbocycles. The molecule has 0 bridgehead atoms. The molecule has 4 heteroatoms. The van der Waals surface area contributed by atoms with E-state index < -0.39 is 5.54 Å². The van der Waals surface area contributed by atoms with E-state index in [1.54, 1.807) is 12.1 Å². The lowest BCUT2D eigenvalue weighted by Crippen LogP contribution is -2.48. The van der Waals surface area contributed by atoms with Crippen LogP contribution in [0.25, 0.3) is 0 Å². The van der Waals surface area contributed by atoms with Crippen LogP contribution in [0.15, 0.2) is 24.3 Å². The molecule has 0 radical (unpaired) electrons. The van der Waals surface area contributed by atoms with E-state index in [2.05, 4.69) is 19.2 Å². The summed E-state index contributed by atoms with van der Waals surface area (Å²) in [5, 5.41) is 2.90. The van der Waals surface area contributed by atoms with Crippen molar-refractivity contribution >= 4 is 5.91 Å². The quantitative estimate of drug-likeness (QED) is 0.805. The summed E-state index contributed by atoms with van der Waals surface area (Å²) in [6.07, 6.45) is 1.02. The van der Waals surface area contributed by atoms with Gasteiger partial charge in [0.2, 0.25) is 0 Å². The average molecular weight is 278 g/mol. The molecule has 3 N–H and O–H groups in total. The Labute approximate surface area is 121 Å². The number of carbonyl (C=O) groups is 1. The number of benzene rings is 1. The van der Waals surface area contributed by atoms with Crippen molar-refractivity contribution in [3.05, 3.63) is 29.8 Å². The largest absolute Gasteiger partial charge is 0.494 e. The number of hydrogen-bond donors (Lipinski definition) is 2. The predicted octanol–water partition coefficient (Wildman–Crippen LogP) is 2.58. The standard InChI is InChI=1S/C16H26N2O2/c1-12(2)9-10-20-14-7-5-13(6-8-14)15(19)18-16(3,4)11-17/h5-8,12H,9-11,17H2,1-4H3,(H,18,19). The van der Waals surface area contributed by atoms with Crippen molar-refractivity contribution in [3.8, 4) is 5.75 Å². The summed E-state index contributed by atoms with van der Waals surface area (Å²) in [7, 11) is 0. The van der Waals surface area contributed by atoms with Gasteiger partial charge in [0.05, 0.1) is 6.61 Å². The van der Waals surface area contributed by atoms with E-state index in [1.807, 2.05) is 26.0 Å². The van der Waals surface area contributed by atoms with E-state index in [-0.39, 0.29) is 5.91 Å². The zero-order valence-corrected chi connectivity index (χ0v) is 12.9. The molecule has 1 aromatic carbocycles. The highest BCUT2D eigenvalue weighted by Crippen LogP contribution is 2.14. The van der Waals surface area contributed by atoms with E-state index in [4.69, 9.17) is 10.5 Å².